The number of carbonyl (C=O) groups excluding carboxylic acids is 1. The van der Waals surface area contributed by atoms with Crippen molar-refractivity contribution in [1.82, 2.24) is 4.90 Å². The summed E-state index contributed by atoms with van der Waals surface area (Å²) in [6.07, 6.45) is 3.16. The molecule has 0 aromatic heterocycles. The molecule has 0 radical (unpaired) electrons. The first kappa shape index (κ1) is 15.0. The summed E-state index contributed by atoms with van der Waals surface area (Å²) in [7, 11) is 0. The van der Waals surface area contributed by atoms with E-state index >= 15 is 0 Å². The Balaban J connectivity index is 1.98. The smallest absolute Gasteiger partial charge is 0.254 e. The van der Waals surface area contributed by atoms with Gasteiger partial charge >= 0.3 is 0 Å². The minimum Gasteiger partial charge on any atom is -0.394 e. The molecule has 1 aromatic carbocycles. The molecule has 0 aliphatic carbocycles. The van der Waals surface area contributed by atoms with Gasteiger partial charge in [0, 0.05) is 18.7 Å². The number of unbranched alkanes of at least 4 members (excludes halogenated alkanes) is 1. The van der Waals surface area contributed by atoms with E-state index in [1.54, 1.807) is 4.90 Å². The van der Waals surface area contributed by atoms with Crippen LogP contribution < -0.4 is 0 Å². The monoisotopic (exact) mass is 277 g/mol. The average Bonchev–Trinajstić information content (AvgIpc) is 2.52. The Hall–Kier alpha value is -1.39. The van der Waals surface area contributed by atoms with Crippen molar-refractivity contribution >= 4 is 5.91 Å². The fourth-order valence-electron chi connectivity index (χ4n) is 2.39. The number of hydrogen-bond donors (Lipinski definition) is 1. The van der Waals surface area contributed by atoms with E-state index < -0.39 is 0 Å². The molecule has 4 heteroatoms. The highest BCUT2D eigenvalue weighted by Crippen LogP contribution is 2.13. The SMILES string of the molecule is CCCCc1ccc(C(=O)N2CCOC(CO)C2)cc1. The number of hydrogen-bond acceptors (Lipinski definition) is 3. The van der Waals surface area contributed by atoms with Crippen molar-refractivity contribution in [2.75, 3.05) is 26.3 Å². The lowest BCUT2D eigenvalue weighted by molar-refractivity contribution is -0.0447. The summed E-state index contributed by atoms with van der Waals surface area (Å²) < 4.78 is 5.36. The van der Waals surface area contributed by atoms with Gasteiger partial charge in [-0.1, -0.05) is 25.5 Å². The molecule has 1 amide bonds. The molecule has 1 fully saturated rings. The molecule has 110 valence electrons. The molecular weight excluding hydrogens is 254 g/mol. The highest BCUT2D eigenvalue weighted by Gasteiger charge is 2.24. The van der Waals surface area contributed by atoms with Gasteiger partial charge in [-0.3, -0.25) is 4.79 Å². The summed E-state index contributed by atoms with van der Waals surface area (Å²) in [5, 5.41) is 9.12. The molecule has 20 heavy (non-hydrogen) atoms. The van der Waals surface area contributed by atoms with E-state index in [1.165, 1.54) is 18.4 Å². The maximum absolute atomic E-state index is 12.4. The first-order valence-electron chi connectivity index (χ1n) is 7.35. The Morgan fingerprint density at radius 2 is 2.15 bits per heavy atom. The lowest BCUT2D eigenvalue weighted by Crippen LogP contribution is -2.46. The summed E-state index contributed by atoms with van der Waals surface area (Å²) in [5.74, 6) is 0.0220. The predicted molar refractivity (Wildman–Crippen MR) is 77.8 cm³/mol. The molecule has 1 atom stereocenters. The van der Waals surface area contributed by atoms with Gasteiger partial charge < -0.3 is 14.7 Å². The standard InChI is InChI=1S/C16H23NO3/c1-2-3-4-13-5-7-14(8-6-13)16(19)17-9-10-20-15(11-17)12-18/h5-8,15,18H,2-4,9-12H2,1H3. The first-order chi connectivity index (χ1) is 9.74. The van der Waals surface area contributed by atoms with E-state index in [9.17, 15) is 4.79 Å². The third-order valence-corrected chi connectivity index (χ3v) is 3.65. The number of aliphatic hydroxyl groups excluding tert-OH is 1. The third-order valence-electron chi connectivity index (χ3n) is 3.65. The number of benzene rings is 1. The molecule has 0 saturated carbocycles. The van der Waals surface area contributed by atoms with Crippen LogP contribution in [-0.4, -0.2) is 48.3 Å². The number of amides is 1. The lowest BCUT2D eigenvalue weighted by Gasteiger charge is -2.32. The highest BCUT2D eigenvalue weighted by molar-refractivity contribution is 5.94. The maximum Gasteiger partial charge on any atom is 0.254 e. The van der Waals surface area contributed by atoms with Gasteiger partial charge in [-0.05, 0) is 30.5 Å². The zero-order valence-electron chi connectivity index (χ0n) is 12.0. The minimum absolute atomic E-state index is 0.0220. The number of ether oxygens (including phenoxy) is 1. The average molecular weight is 277 g/mol. The van der Waals surface area contributed by atoms with Gasteiger partial charge in [0.25, 0.3) is 5.91 Å². The summed E-state index contributed by atoms with van der Waals surface area (Å²) >= 11 is 0. The largest absolute Gasteiger partial charge is 0.394 e. The van der Waals surface area contributed by atoms with Crippen LogP contribution in [-0.2, 0) is 11.2 Å². The van der Waals surface area contributed by atoms with Crippen LogP contribution in [0.5, 0.6) is 0 Å². The van der Waals surface area contributed by atoms with Crippen LogP contribution in [0.2, 0.25) is 0 Å². The van der Waals surface area contributed by atoms with E-state index in [2.05, 4.69) is 6.92 Å². The lowest BCUT2D eigenvalue weighted by atomic mass is 10.1. The van der Waals surface area contributed by atoms with Crippen molar-refractivity contribution in [3.8, 4) is 0 Å². The second kappa shape index (κ2) is 7.41. The number of nitrogens with zero attached hydrogens (tertiary/aromatic N) is 1. The van der Waals surface area contributed by atoms with E-state index in [1.807, 2.05) is 24.3 Å². The molecule has 0 bridgehead atoms. The van der Waals surface area contributed by atoms with Crippen LogP contribution in [0.4, 0.5) is 0 Å². The summed E-state index contributed by atoms with van der Waals surface area (Å²) in [6, 6.07) is 7.87. The molecule has 1 heterocycles. The molecule has 1 unspecified atom stereocenters. The maximum atomic E-state index is 12.4. The Morgan fingerprint density at radius 1 is 1.40 bits per heavy atom. The van der Waals surface area contributed by atoms with Gasteiger partial charge in [-0.2, -0.15) is 0 Å². The molecule has 1 aromatic rings. The number of morpholine rings is 1. The van der Waals surface area contributed by atoms with Crippen molar-refractivity contribution < 1.29 is 14.6 Å². The Kier molecular flexibility index (Phi) is 5.56. The van der Waals surface area contributed by atoms with Crippen molar-refractivity contribution in [2.45, 2.75) is 32.3 Å². The van der Waals surface area contributed by atoms with E-state index in [0.29, 0.717) is 25.3 Å². The number of aryl methyl sites for hydroxylation is 1. The normalized spacial score (nSPS) is 19.1. The van der Waals surface area contributed by atoms with Crippen LogP contribution >= 0.6 is 0 Å². The Labute approximate surface area is 120 Å². The summed E-state index contributed by atoms with van der Waals surface area (Å²) in [4.78, 5) is 14.1. The molecule has 1 N–H and O–H groups in total. The fourth-order valence-corrected chi connectivity index (χ4v) is 2.39. The van der Waals surface area contributed by atoms with Crippen LogP contribution in [0.3, 0.4) is 0 Å². The second-order valence-corrected chi connectivity index (χ2v) is 5.23. The van der Waals surface area contributed by atoms with Gasteiger partial charge in [-0.25, -0.2) is 0 Å². The molecule has 4 nitrogen and oxygen atoms in total. The van der Waals surface area contributed by atoms with Crippen molar-refractivity contribution in [1.29, 1.82) is 0 Å². The van der Waals surface area contributed by atoms with Gasteiger partial charge in [0.2, 0.25) is 0 Å². The molecule has 1 aliphatic heterocycles. The number of carbonyl (C=O) groups is 1. The zero-order valence-corrected chi connectivity index (χ0v) is 12.0. The fraction of sp³-hybridized carbons (Fsp3) is 0.562. The highest BCUT2D eigenvalue weighted by atomic mass is 16.5. The van der Waals surface area contributed by atoms with Gasteiger partial charge in [-0.15, -0.1) is 0 Å². The minimum atomic E-state index is -0.253. The topological polar surface area (TPSA) is 49.8 Å². The van der Waals surface area contributed by atoms with E-state index in [4.69, 9.17) is 9.84 Å². The molecule has 1 saturated heterocycles. The third kappa shape index (κ3) is 3.81. The van der Waals surface area contributed by atoms with Crippen LogP contribution in [0.15, 0.2) is 24.3 Å². The van der Waals surface area contributed by atoms with Gasteiger partial charge in [0.05, 0.1) is 19.3 Å². The van der Waals surface area contributed by atoms with Crippen LogP contribution in [0.1, 0.15) is 35.7 Å². The van der Waals surface area contributed by atoms with Crippen LogP contribution in [0, 0.1) is 0 Å². The van der Waals surface area contributed by atoms with E-state index in [-0.39, 0.29) is 18.6 Å². The first-order valence-corrected chi connectivity index (χ1v) is 7.35. The van der Waals surface area contributed by atoms with Crippen molar-refractivity contribution in [3.05, 3.63) is 35.4 Å². The zero-order chi connectivity index (χ0) is 14.4. The molecule has 1 aliphatic rings. The second-order valence-electron chi connectivity index (χ2n) is 5.23. The van der Waals surface area contributed by atoms with E-state index in [0.717, 1.165) is 6.42 Å². The van der Waals surface area contributed by atoms with Crippen LogP contribution in [0.25, 0.3) is 0 Å². The van der Waals surface area contributed by atoms with Crippen molar-refractivity contribution in [3.63, 3.8) is 0 Å². The molecule has 0 spiro atoms. The quantitative estimate of drug-likeness (QED) is 0.894. The van der Waals surface area contributed by atoms with Gasteiger partial charge in [0.15, 0.2) is 0 Å². The Morgan fingerprint density at radius 3 is 2.80 bits per heavy atom. The Bertz CT molecular complexity index is 430. The van der Waals surface area contributed by atoms with Gasteiger partial charge in [0.1, 0.15) is 0 Å². The summed E-state index contributed by atoms with van der Waals surface area (Å²) in [6.45, 7) is 3.68. The van der Waals surface area contributed by atoms with Crippen molar-refractivity contribution in [2.24, 2.45) is 0 Å². The molecular formula is C16H23NO3. The number of rotatable bonds is 5. The summed E-state index contributed by atoms with van der Waals surface area (Å²) in [5.41, 5.74) is 1.99. The molecule has 2 rings (SSSR count). The number of aliphatic hydroxyl groups is 1. The predicted octanol–water partition coefficient (Wildman–Crippen LogP) is 1.86.